The molecule has 4 nitrogen and oxygen atoms in total. The summed E-state index contributed by atoms with van der Waals surface area (Å²) in [6, 6.07) is 0. The van der Waals surface area contributed by atoms with Gasteiger partial charge in [-0.15, -0.1) is 0 Å². The summed E-state index contributed by atoms with van der Waals surface area (Å²) in [6.45, 7) is 6.51. The van der Waals surface area contributed by atoms with Crippen LogP contribution in [0, 0.1) is 18.8 Å². The van der Waals surface area contributed by atoms with Crippen LogP contribution < -0.4 is 10.5 Å². The van der Waals surface area contributed by atoms with E-state index in [1.807, 2.05) is 6.92 Å². The van der Waals surface area contributed by atoms with E-state index >= 15 is 0 Å². The molecule has 0 amide bonds. The highest BCUT2D eigenvalue weighted by Gasteiger charge is 2.26. The molecule has 4 heteroatoms. The lowest BCUT2D eigenvalue weighted by atomic mass is 9.80. The molecule has 3 unspecified atom stereocenters. The van der Waals surface area contributed by atoms with E-state index in [2.05, 4.69) is 23.8 Å². The first-order valence-corrected chi connectivity index (χ1v) is 6.31. The molecule has 0 radical (unpaired) electrons. The average molecular weight is 235 g/mol. The second-order valence-electron chi connectivity index (χ2n) is 5.20. The van der Waals surface area contributed by atoms with E-state index in [4.69, 9.17) is 10.5 Å². The predicted octanol–water partition coefficient (Wildman–Crippen LogP) is 2.57. The maximum Gasteiger partial charge on any atom is 0.221 e. The molecular weight excluding hydrogens is 214 g/mol. The molecule has 0 spiro atoms. The Labute approximate surface area is 103 Å². The van der Waals surface area contributed by atoms with Crippen LogP contribution in [-0.2, 0) is 0 Å². The monoisotopic (exact) mass is 235 g/mol. The van der Waals surface area contributed by atoms with Gasteiger partial charge in [0.2, 0.25) is 5.88 Å². The molecule has 0 aromatic carbocycles. The summed E-state index contributed by atoms with van der Waals surface area (Å²) in [6.07, 6.45) is 5.17. The Morgan fingerprint density at radius 3 is 2.71 bits per heavy atom. The van der Waals surface area contributed by atoms with Gasteiger partial charge in [-0.1, -0.05) is 13.8 Å². The van der Waals surface area contributed by atoms with E-state index in [0.717, 1.165) is 24.3 Å². The van der Waals surface area contributed by atoms with Crippen molar-refractivity contribution >= 4 is 5.82 Å². The Kier molecular flexibility index (Phi) is 3.50. The van der Waals surface area contributed by atoms with Crippen molar-refractivity contribution in [1.29, 1.82) is 0 Å². The second kappa shape index (κ2) is 4.90. The van der Waals surface area contributed by atoms with Crippen LogP contribution in [0.5, 0.6) is 5.88 Å². The Morgan fingerprint density at radius 2 is 2.00 bits per heavy atom. The van der Waals surface area contributed by atoms with E-state index in [1.54, 1.807) is 0 Å². The Bertz CT molecular complexity index is 394. The fraction of sp³-hybridized carbons (Fsp3) is 0.692. The molecule has 0 saturated heterocycles. The number of ether oxygens (including phenoxy) is 1. The largest absolute Gasteiger partial charge is 0.474 e. The summed E-state index contributed by atoms with van der Waals surface area (Å²) in [4.78, 5) is 8.11. The highest BCUT2D eigenvalue weighted by molar-refractivity contribution is 5.43. The molecule has 0 bridgehead atoms. The standard InChI is InChI=1S/C13H21N3O/c1-8-4-5-11(6-9(8)2)17-13-10(3)12(14)15-7-16-13/h7-9,11H,4-6H2,1-3H3,(H2,14,15,16). The number of hydrogen-bond donors (Lipinski definition) is 1. The van der Waals surface area contributed by atoms with Crippen molar-refractivity contribution in [2.45, 2.75) is 46.1 Å². The number of nitrogens with zero attached hydrogens (tertiary/aromatic N) is 2. The number of aromatic nitrogens is 2. The zero-order valence-electron chi connectivity index (χ0n) is 10.8. The maximum absolute atomic E-state index is 5.95. The van der Waals surface area contributed by atoms with Gasteiger partial charge in [0.05, 0.1) is 5.56 Å². The molecule has 1 saturated carbocycles. The summed E-state index contributed by atoms with van der Waals surface area (Å²) < 4.78 is 5.95. The fourth-order valence-electron chi connectivity index (χ4n) is 2.33. The highest BCUT2D eigenvalue weighted by atomic mass is 16.5. The van der Waals surface area contributed by atoms with Gasteiger partial charge in [0.25, 0.3) is 0 Å². The smallest absolute Gasteiger partial charge is 0.221 e. The summed E-state index contributed by atoms with van der Waals surface area (Å²) in [7, 11) is 0. The van der Waals surface area contributed by atoms with Gasteiger partial charge >= 0.3 is 0 Å². The molecule has 1 aliphatic rings. The van der Waals surface area contributed by atoms with Crippen molar-refractivity contribution in [1.82, 2.24) is 9.97 Å². The van der Waals surface area contributed by atoms with Crippen molar-refractivity contribution < 1.29 is 4.74 Å². The first-order valence-electron chi connectivity index (χ1n) is 6.31. The van der Waals surface area contributed by atoms with Crippen LogP contribution in [0.4, 0.5) is 5.82 Å². The van der Waals surface area contributed by atoms with Crippen LogP contribution in [0.3, 0.4) is 0 Å². The zero-order chi connectivity index (χ0) is 12.4. The SMILES string of the molecule is Cc1c(N)ncnc1OC1CCC(C)C(C)C1. The van der Waals surface area contributed by atoms with Crippen LogP contribution >= 0.6 is 0 Å². The molecule has 17 heavy (non-hydrogen) atoms. The van der Waals surface area contributed by atoms with Gasteiger partial charge in [-0.25, -0.2) is 9.97 Å². The minimum Gasteiger partial charge on any atom is -0.474 e. The minimum atomic E-state index is 0.272. The number of hydrogen-bond acceptors (Lipinski definition) is 4. The van der Waals surface area contributed by atoms with Gasteiger partial charge in [-0.3, -0.25) is 0 Å². The van der Waals surface area contributed by atoms with Gasteiger partial charge in [0.15, 0.2) is 0 Å². The first kappa shape index (κ1) is 12.1. The third-order valence-electron chi connectivity index (χ3n) is 3.91. The molecule has 0 aliphatic heterocycles. The van der Waals surface area contributed by atoms with Crippen LogP contribution in [0.1, 0.15) is 38.7 Å². The van der Waals surface area contributed by atoms with E-state index < -0.39 is 0 Å². The predicted molar refractivity (Wildman–Crippen MR) is 67.8 cm³/mol. The van der Waals surface area contributed by atoms with Gasteiger partial charge in [0.1, 0.15) is 18.2 Å². The van der Waals surface area contributed by atoms with E-state index in [9.17, 15) is 0 Å². The van der Waals surface area contributed by atoms with E-state index in [1.165, 1.54) is 12.7 Å². The molecule has 2 N–H and O–H groups in total. The lowest BCUT2D eigenvalue weighted by molar-refractivity contribution is 0.0957. The minimum absolute atomic E-state index is 0.272. The number of nitrogen functional groups attached to an aromatic ring is 1. The van der Waals surface area contributed by atoms with Crippen LogP contribution in [0.25, 0.3) is 0 Å². The Balaban J connectivity index is 2.04. The molecule has 3 atom stereocenters. The quantitative estimate of drug-likeness (QED) is 0.855. The summed E-state index contributed by atoms with van der Waals surface area (Å²) in [5, 5.41) is 0. The van der Waals surface area contributed by atoms with Crippen LogP contribution in [0.15, 0.2) is 6.33 Å². The average Bonchev–Trinajstić information content (AvgIpc) is 2.30. The lowest BCUT2D eigenvalue weighted by Crippen LogP contribution is -2.29. The van der Waals surface area contributed by atoms with Gasteiger partial charge in [0, 0.05) is 0 Å². The lowest BCUT2D eigenvalue weighted by Gasteiger charge is -2.32. The highest BCUT2D eigenvalue weighted by Crippen LogP contribution is 2.32. The van der Waals surface area contributed by atoms with E-state index in [-0.39, 0.29) is 6.10 Å². The van der Waals surface area contributed by atoms with Crippen molar-refractivity contribution in [2.24, 2.45) is 11.8 Å². The van der Waals surface area contributed by atoms with Gasteiger partial charge in [-0.05, 0) is 38.0 Å². The topological polar surface area (TPSA) is 61.0 Å². The molecular formula is C13H21N3O. The van der Waals surface area contributed by atoms with Crippen molar-refractivity contribution in [3.8, 4) is 5.88 Å². The summed E-state index contributed by atoms with van der Waals surface area (Å²) in [5.74, 6) is 2.66. The van der Waals surface area contributed by atoms with E-state index in [0.29, 0.717) is 17.6 Å². The van der Waals surface area contributed by atoms with Crippen molar-refractivity contribution in [3.05, 3.63) is 11.9 Å². The van der Waals surface area contributed by atoms with Crippen molar-refractivity contribution in [2.75, 3.05) is 5.73 Å². The normalized spacial score (nSPS) is 29.0. The Morgan fingerprint density at radius 1 is 1.24 bits per heavy atom. The maximum atomic E-state index is 5.95. The zero-order valence-corrected chi connectivity index (χ0v) is 10.8. The van der Waals surface area contributed by atoms with Crippen molar-refractivity contribution in [3.63, 3.8) is 0 Å². The van der Waals surface area contributed by atoms with Gasteiger partial charge < -0.3 is 10.5 Å². The molecule has 1 heterocycles. The Hall–Kier alpha value is -1.32. The third kappa shape index (κ3) is 2.68. The second-order valence-corrected chi connectivity index (χ2v) is 5.20. The summed E-state index contributed by atoms with van der Waals surface area (Å²) in [5.41, 5.74) is 6.59. The number of nitrogens with two attached hydrogens (primary N) is 1. The number of anilines is 1. The summed E-state index contributed by atoms with van der Waals surface area (Å²) >= 11 is 0. The van der Waals surface area contributed by atoms with Crippen LogP contribution in [0.2, 0.25) is 0 Å². The molecule has 1 aliphatic carbocycles. The molecule has 1 aromatic heterocycles. The number of rotatable bonds is 2. The molecule has 1 fully saturated rings. The molecule has 2 rings (SSSR count). The van der Waals surface area contributed by atoms with Crippen LogP contribution in [-0.4, -0.2) is 16.1 Å². The third-order valence-corrected chi connectivity index (χ3v) is 3.91. The molecule has 94 valence electrons. The van der Waals surface area contributed by atoms with Gasteiger partial charge in [-0.2, -0.15) is 0 Å². The molecule has 1 aromatic rings. The first-order chi connectivity index (χ1) is 8.08. The fourth-order valence-corrected chi connectivity index (χ4v) is 2.33.